The van der Waals surface area contributed by atoms with Crippen molar-refractivity contribution in [3.05, 3.63) is 54.0 Å². The van der Waals surface area contributed by atoms with E-state index in [4.69, 9.17) is 14.2 Å². The topological polar surface area (TPSA) is 142 Å². The average molecular weight is 560 g/mol. The third-order valence-corrected chi connectivity index (χ3v) is 7.19. The van der Waals surface area contributed by atoms with Crippen molar-refractivity contribution in [1.29, 1.82) is 0 Å². The Kier molecular flexibility index (Phi) is 9.48. The molecule has 0 bridgehead atoms. The van der Waals surface area contributed by atoms with Crippen molar-refractivity contribution >= 4 is 28.5 Å². The number of nitrogens with zero attached hydrogens (tertiary/aromatic N) is 6. The molecular weight excluding hydrogens is 529 g/mol. The molecule has 12 nitrogen and oxygen atoms in total. The average Bonchev–Trinajstić information content (AvgIpc) is 3.32. The lowest BCUT2D eigenvalue weighted by Crippen LogP contribution is -2.41. The van der Waals surface area contributed by atoms with Crippen LogP contribution in [0.25, 0.3) is 17.2 Å². The van der Waals surface area contributed by atoms with Crippen LogP contribution < -0.4 is 14.2 Å². The lowest BCUT2D eigenvalue weighted by molar-refractivity contribution is 0.154. The molecule has 0 spiro atoms. The van der Waals surface area contributed by atoms with E-state index in [1.165, 1.54) is 57.2 Å². The summed E-state index contributed by atoms with van der Waals surface area (Å²) in [7, 11) is -0.127. The summed E-state index contributed by atoms with van der Waals surface area (Å²) < 4.78 is 62.0. The molecule has 1 aromatic carbocycles. The number of allylic oxidation sites excluding steroid dienone is 1. The van der Waals surface area contributed by atoms with Gasteiger partial charge in [-0.15, -0.1) is 10.2 Å². The van der Waals surface area contributed by atoms with Gasteiger partial charge in [0.2, 0.25) is 21.9 Å². The maximum atomic E-state index is 15.3. The molecular formula is C25H30FN7O5S. The summed E-state index contributed by atoms with van der Waals surface area (Å²) in [6, 6.07) is 9.04. The van der Waals surface area contributed by atoms with Crippen molar-refractivity contribution in [1.82, 2.24) is 19.7 Å². The third kappa shape index (κ3) is 6.46. The second kappa shape index (κ2) is 12.6. The Labute approximate surface area is 226 Å². The minimum atomic E-state index is -4.26. The lowest BCUT2D eigenvalue weighted by atomic mass is 10.2. The number of aromatic nitrogens is 4. The van der Waals surface area contributed by atoms with Crippen LogP contribution in [-0.4, -0.2) is 73.4 Å². The van der Waals surface area contributed by atoms with Gasteiger partial charge in [0, 0.05) is 19.4 Å². The number of amidine groups is 1. The van der Waals surface area contributed by atoms with Crippen LogP contribution in [0.4, 0.5) is 10.3 Å². The predicted molar refractivity (Wildman–Crippen MR) is 147 cm³/mol. The van der Waals surface area contributed by atoms with Gasteiger partial charge in [-0.2, -0.15) is 0 Å². The number of methoxy groups -OCH3 is 3. The van der Waals surface area contributed by atoms with Crippen LogP contribution in [0.1, 0.15) is 20.8 Å². The monoisotopic (exact) mass is 559 g/mol. The Hall–Kier alpha value is -4.17. The van der Waals surface area contributed by atoms with Gasteiger partial charge < -0.3 is 14.2 Å². The fourth-order valence-electron chi connectivity index (χ4n) is 3.55. The number of pyridine rings is 1. The van der Waals surface area contributed by atoms with Crippen molar-refractivity contribution in [2.45, 2.75) is 32.1 Å². The molecule has 0 aliphatic heterocycles. The van der Waals surface area contributed by atoms with Crippen LogP contribution in [0, 0.1) is 5.82 Å². The Bertz CT molecular complexity index is 1500. The van der Waals surface area contributed by atoms with Crippen LogP contribution in [0.5, 0.6) is 11.6 Å². The number of sulfonamides is 1. The number of hydrogen-bond acceptors (Lipinski definition) is 9. The van der Waals surface area contributed by atoms with E-state index in [1.807, 2.05) is 13.8 Å². The molecule has 0 aliphatic carbocycles. The lowest BCUT2D eigenvalue weighted by Gasteiger charge is -2.23. The minimum absolute atomic E-state index is 0.0320. The van der Waals surface area contributed by atoms with Crippen LogP contribution in [0.15, 0.2) is 58.2 Å². The van der Waals surface area contributed by atoms with E-state index in [1.54, 1.807) is 18.2 Å². The molecule has 0 saturated carbocycles. The molecule has 0 unspecified atom stereocenters. The summed E-state index contributed by atoms with van der Waals surface area (Å²) in [5.41, 5.74) is 0.981. The zero-order chi connectivity index (χ0) is 28.7. The fraction of sp³-hybridized carbons (Fsp3) is 0.320. The zero-order valence-corrected chi connectivity index (χ0v) is 23.2. The molecule has 2 aromatic heterocycles. The molecule has 39 heavy (non-hydrogen) atoms. The first-order chi connectivity index (χ1) is 18.6. The SMILES string of the molecule is C=NC(=NC=C(C)C)[C@@H](OC)[C@H](C)S(=O)(=O)Nc1nnc(-c2cccc(OC)n2)n1-c1c(F)cccc1OC. The highest BCUT2D eigenvalue weighted by Gasteiger charge is 2.35. The molecule has 208 valence electrons. The molecule has 0 amide bonds. The molecule has 3 rings (SSSR count). The molecule has 14 heteroatoms. The van der Waals surface area contributed by atoms with Crippen LogP contribution in [0.3, 0.4) is 0 Å². The van der Waals surface area contributed by atoms with Gasteiger partial charge >= 0.3 is 0 Å². The number of halogens is 1. The van der Waals surface area contributed by atoms with Crippen molar-refractivity contribution in [2.75, 3.05) is 26.1 Å². The van der Waals surface area contributed by atoms with Crippen molar-refractivity contribution < 1.29 is 27.0 Å². The normalized spacial score (nSPS) is 13.4. The summed E-state index contributed by atoms with van der Waals surface area (Å²) >= 11 is 0. The maximum Gasteiger partial charge on any atom is 0.243 e. The van der Waals surface area contributed by atoms with Crippen molar-refractivity contribution in [2.24, 2.45) is 9.98 Å². The van der Waals surface area contributed by atoms with E-state index in [0.717, 1.165) is 5.57 Å². The Morgan fingerprint density at radius 1 is 1.13 bits per heavy atom. The second-order valence-corrected chi connectivity index (χ2v) is 10.4. The fourth-order valence-corrected chi connectivity index (χ4v) is 4.68. The number of ether oxygens (including phenoxy) is 3. The standard InChI is InChI=1S/C25H30FN7O5S/c1-15(2)14-28-23(27-4)22(38-7)16(3)39(34,35)32-25-31-30-24(18-11-9-13-20(29-18)37-6)33(25)21-17(26)10-8-12-19(21)36-5/h8-14,16,22H,4H2,1-3,5-7H3,(H,31,32)/t16-,22-/m0/s1. The number of para-hydroxylation sites is 1. The molecule has 3 aromatic rings. The van der Waals surface area contributed by atoms with E-state index in [2.05, 4.69) is 36.6 Å². The Balaban J connectivity index is 2.17. The van der Waals surface area contributed by atoms with Gasteiger partial charge in [0.05, 0.1) is 14.2 Å². The van der Waals surface area contributed by atoms with E-state index in [0.29, 0.717) is 0 Å². The van der Waals surface area contributed by atoms with E-state index < -0.39 is 27.2 Å². The highest BCUT2D eigenvalue weighted by atomic mass is 32.2. The largest absolute Gasteiger partial charge is 0.494 e. The zero-order valence-electron chi connectivity index (χ0n) is 22.4. The van der Waals surface area contributed by atoms with Crippen LogP contribution >= 0.6 is 0 Å². The molecule has 1 N–H and O–H groups in total. The van der Waals surface area contributed by atoms with Crippen LogP contribution in [-0.2, 0) is 14.8 Å². The molecule has 2 heterocycles. The molecule has 0 fully saturated rings. The van der Waals surface area contributed by atoms with E-state index in [-0.39, 0.29) is 40.6 Å². The molecule has 0 radical (unpaired) electrons. The summed E-state index contributed by atoms with van der Waals surface area (Å²) in [5, 5.41) is 6.91. The van der Waals surface area contributed by atoms with E-state index >= 15 is 4.39 Å². The maximum absolute atomic E-state index is 15.3. The number of benzene rings is 1. The van der Waals surface area contributed by atoms with E-state index in [9.17, 15) is 8.42 Å². The van der Waals surface area contributed by atoms with Gasteiger partial charge in [-0.1, -0.05) is 17.7 Å². The summed E-state index contributed by atoms with van der Waals surface area (Å²) in [6.45, 7) is 8.55. The third-order valence-electron chi connectivity index (χ3n) is 5.49. The Morgan fingerprint density at radius 3 is 2.46 bits per heavy atom. The highest BCUT2D eigenvalue weighted by molar-refractivity contribution is 7.93. The number of rotatable bonds is 11. The molecule has 0 aliphatic rings. The summed E-state index contributed by atoms with van der Waals surface area (Å²) in [5.74, 6) is -0.558. The Morgan fingerprint density at radius 2 is 1.85 bits per heavy atom. The second-order valence-electron chi connectivity index (χ2n) is 8.40. The van der Waals surface area contributed by atoms with Crippen molar-refractivity contribution in [3.8, 4) is 28.8 Å². The molecule has 2 atom stereocenters. The van der Waals surface area contributed by atoms with Gasteiger partial charge in [-0.25, -0.2) is 27.8 Å². The van der Waals surface area contributed by atoms with Crippen molar-refractivity contribution in [3.63, 3.8) is 0 Å². The van der Waals surface area contributed by atoms with Gasteiger partial charge in [0.1, 0.15) is 28.5 Å². The first kappa shape index (κ1) is 29.4. The first-order valence-electron chi connectivity index (χ1n) is 11.6. The summed E-state index contributed by atoms with van der Waals surface area (Å²) in [4.78, 5) is 12.4. The van der Waals surface area contributed by atoms with Gasteiger partial charge in [0.25, 0.3) is 0 Å². The number of hydrogen-bond donors (Lipinski definition) is 1. The van der Waals surface area contributed by atoms with Gasteiger partial charge in [0.15, 0.2) is 17.5 Å². The number of nitrogens with one attached hydrogen (secondary N) is 1. The minimum Gasteiger partial charge on any atom is -0.494 e. The van der Waals surface area contributed by atoms with Gasteiger partial charge in [-0.05, 0) is 45.7 Å². The van der Waals surface area contributed by atoms with Gasteiger partial charge in [-0.3, -0.25) is 9.29 Å². The molecule has 0 saturated heterocycles. The highest BCUT2D eigenvalue weighted by Crippen LogP contribution is 2.33. The smallest absolute Gasteiger partial charge is 0.243 e. The summed E-state index contributed by atoms with van der Waals surface area (Å²) in [6.07, 6.45) is 0.437. The number of anilines is 1. The first-order valence-corrected chi connectivity index (χ1v) is 13.1. The predicted octanol–water partition coefficient (Wildman–Crippen LogP) is 3.65. The van der Waals surface area contributed by atoms with Crippen LogP contribution in [0.2, 0.25) is 0 Å². The quantitative estimate of drug-likeness (QED) is 0.277. The number of aliphatic imine (C=N–C) groups is 2.